The Morgan fingerprint density at radius 3 is 2.88 bits per heavy atom. The quantitative estimate of drug-likeness (QED) is 0.776. The number of rotatable bonds is 5. The molecular weight excluding hydrogens is 226 g/mol. The molecule has 0 aliphatic rings. The Balaban J connectivity index is 2.76. The number of hydrogen-bond donors (Lipinski definition) is 2. The van der Waals surface area contributed by atoms with Crippen LogP contribution in [-0.2, 0) is 4.79 Å². The summed E-state index contributed by atoms with van der Waals surface area (Å²) in [5, 5.41) is 11.9. The van der Waals surface area contributed by atoms with Crippen LogP contribution in [0.4, 0.5) is 5.00 Å². The highest BCUT2D eigenvalue weighted by Crippen LogP contribution is 2.27. The zero-order valence-corrected chi connectivity index (χ0v) is 9.76. The predicted octanol–water partition coefficient (Wildman–Crippen LogP) is 2.66. The van der Waals surface area contributed by atoms with Gasteiger partial charge < -0.3 is 10.4 Å². The van der Waals surface area contributed by atoms with E-state index in [4.69, 9.17) is 5.11 Å². The van der Waals surface area contributed by atoms with Crippen molar-refractivity contribution in [2.75, 3.05) is 5.32 Å². The van der Waals surface area contributed by atoms with E-state index in [1.54, 1.807) is 19.1 Å². The molecule has 1 aromatic rings. The van der Waals surface area contributed by atoms with Crippen LogP contribution in [0.5, 0.6) is 0 Å². The summed E-state index contributed by atoms with van der Waals surface area (Å²) in [4.78, 5) is 23.1. The summed E-state index contributed by atoms with van der Waals surface area (Å²) in [7, 11) is 0. The van der Waals surface area contributed by atoms with Crippen molar-refractivity contribution in [1.29, 1.82) is 0 Å². The Hall–Kier alpha value is -1.62. The molecule has 1 rings (SSSR count). The number of carboxylic acids is 1. The van der Waals surface area contributed by atoms with Crippen molar-refractivity contribution in [3.05, 3.63) is 29.2 Å². The third-order valence-corrected chi connectivity index (χ3v) is 2.88. The first-order valence-corrected chi connectivity index (χ1v) is 5.60. The Bertz CT molecular complexity index is 423. The number of carbonyl (C=O) groups is 2. The van der Waals surface area contributed by atoms with Gasteiger partial charge in [0.2, 0.25) is 5.91 Å². The lowest BCUT2D eigenvalue weighted by Gasteiger charge is -2.02. The van der Waals surface area contributed by atoms with Gasteiger partial charge >= 0.3 is 5.97 Å². The summed E-state index contributed by atoms with van der Waals surface area (Å²) in [5.74, 6) is -1.22. The van der Waals surface area contributed by atoms with Crippen LogP contribution in [0.2, 0.25) is 0 Å². The number of carboxylic acid groups (broad SMARTS) is 1. The van der Waals surface area contributed by atoms with Crippen LogP contribution in [0.15, 0.2) is 18.7 Å². The maximum atomic E-state index is 11.4. The highest BCUT2D eigenvalue weighted by atomic mass is 32.1. The molecule has 0 fully saturated rings. The minimum Gasteiger partial charge on any atom is -0.478 e. The average molecular weight is 239 g/mol. The zero-order chi connectivity index (χ0) is 12.1. The first kappa shape index (κ1) is 12.4. The number of nitrogens with one attached hydrogen (secondary N) is 1. The van der Waals surface area contributed by atoms with Crippen molar-refractivity contribution in [1.82, 2.24) is 0 Å². The normalized spacial score (nSPS) is 9.81. The number of aromatic carboxylic acids is 1. The van der Waals surface area contributed by atoms with Crippen LogP contribution in [0, 0.1) is 6.92 Å². The Kier molecular flexibility index (Phi) is 4.25. The van der Waals surface area contributed by atoms with Crippen molar-refractivity contribution in [3.8, 4) is 0 Å². The SMILES string of the molecule is C=CCCC(=O)Nc1sc(C)cc1C(=O)O. The lowest BCUT2D eigenvalue weighted by molar-refractivity contribution is -0.116. The van der Waals surface area contributed by atoms with Gasteiger partial charge in [-0.05, 0) is 19.4 Å². The molecule has 0 aromatic carbocycles. The first-order chi connectivity index (χ1) is 7.54. The standard InChI is InChI=1S/C11H13NO3S/c1-3-4-5-9(13)12-10-8(11(14)15)6-7(2)16-10/h3,6H,1,4-5H2,2H3,(H,12,13)(H,14,15). The third-order valence-electron chi connectivity index (χ3n) is 1.91. The molecule has 2 N–H and O–H groups in total. The van der Waals surface area contributed by atoms with Crippen LogP contribution in [-0.4, -0.2) is 17.0 Å². The fourth-order valence-corrected chi connectivity index (χ4v) is 2.11. The molecule has 4 nitrogen and oxygen atoms in total. The van der Waals surface area contributed by atoms with Crippen LogP contribution in [0.1, 0.15) is 28.1 Å². The number of carbonyl (C=O) groups excluding carboxylic acids is 1. The van der Waals surface area contributed by atoms with Gasteiger partial charge in [-0.2, -0.15) is 0 Å². The summed E-state index contributed by atoms with van der Waals surface area (Å²) >= 11 is 1.27. The summed E-state index contributed by atoms with van der Waals surface area (Å²) < 4.78 is 0. The van der Waals surface area contributed by atoms with E-state index < -0.39 is 5.97 Å². The predicted molar refractivity (Wildman–Crippen MR) is 64.1 cm³/mol. The smallest absolute Gasteiger partial charge is 0.338 e. The molecule has 0 aliphatic carbocycles. The fourth-order valence-electron chi connectivity index (χ4n) is 1.19. The lowest BCUT2D eigenvalue weighted by atomic mass is 10.2. The van der Waals surface area contributed by atoms with Crippen molar-refractivity contribution < 1.29 is 14.7 Å². The van der Waals surface area contributed by atoms with E-state index in [9.17, 15) is 9.59 Å². The van der Waals surface area contributed by atoms with Crippen molar-refractivity contribution in [3.63, 3.8) is 0 Å². The van der Waals surface area contributed by atoms with Gasteiger partial charge in [0, 0.05) is 11.3 Å². The number of aryl methyl sites for hydroxylation is 1. The molecular formula is C11H13NO3S. The average Bonchev–Trinajstić information content (AvgIpc) is 2.56. The van der Waals surface area contributed by atoms with Gasteiger partial charge in [0.1, 0.15) is 5.00 Å². The minimum absolute atomic E-state index is 0.148. The van der Waals surface area contributed by atoms with Gasteiger partial charge in [0.15, 0.2) is 0 Å². The maximum Gasteiger partial charge on any atom is 0.338 e. The summed E-state index contributed by atoms with van der Waals surface area (Å²) in [6.07, 6.45) is 2.55. The molecule has 1 amide bonds. The van der Waals surface area contributed by atoms with E-state index in [1.165, 1.54) is 11.3 Å². The molecule has 0 radical (unpaired) electrons. The molecule has 0 atom stereocenters. The molecule has 0 spiro atoms. The lowest BCUT2D eigenvalue weighted by Crippen LogP contribution is -2.12. The zero-order valence-electron chi connectivity index (χ0n) is 8.95. The van der Waals surface area contributed by atoms with E-state index in [1.807, 2.05) is 0 Å². The van der Waals surface area contributed by atoms with Crippen molar-refractivity contribution >= 4 is 28.2 Å². The summed E-state index contributed by atoms with van der Waals surface area (Å²) in [6.45, 7) is 5.32. The van der Waals surface area contributed by atoms with Crippen LogP contribution < -0.4 is 5.32 Å². The monoisotopic (exact) mass is 239 g/mol. The van der Waals surface area contributed by atoms with Gasteiger partial charge in [-0.15, -0.1) is 17.9 Å². The largest absolute Gasteiger partial charge is 0.478 e. The van der Waals surface area contributed by atoms with Crippen LogP contribution >= 0.6 is 11.3 Å². The molecule has 0 aliphatic heterocycles. The second kappa shape index (κ2) is 5.46. The molecule has 0 saturated carbocycles. The molecule has 5 heteroatoms. The number of allylic oxidation sites excluding steroid dienone is 1. The Morgan fingerprint density at radius 2 is 2.31 bits per heavy atom. The fraction of sp³-hybridized carbons (Fsp3) is 0.273. The van der Waals surface area contributed by atoms with E-state index in [-0.39, 0.29) is 11.5 Å². The van der Waals surface area contributed by atoms with Crippen LogP contribution in [0.3, 0.4) is 0 Å². The van der Waals surface area contributed by atoms with Gasteiger partial charge in [-0.1, -0.05) is 6.08 Å². The molecule has 0 saturated heterocycles. The van der Waals surface area contributed by atoms with E-state index in [2.05, 4.69) is 11.9 Å². The molecule has 16 heavy (non-hydrogen) atoms. The number of amides is 1. The second-order valence-electron chi connectivity index (χ2n) is 3.28. The van der Waals surface area contributed by atoms with Gasteiger partial charge in [-0.3, -0.25) is 4.79 Å². The van der Waals surface area contributed by atoms with Crippen molar-refractivity contribution in [2.24, 2.45) is 0 Å². The topological polar surface area (TPSA) is 66.4 Å². The Labute approximate surface area is 97.6 Å². The highest BCUT2D eigenvalue weighted by Gasteiger charge is 2.15. The number of anilines is 1. The molecule has 0 unspecified atom stereocenters. The molecule has 1 aromatic heterocycles. The maximum absolute atomic E-state index is 11.4. The third kappa shape index (κ3) is 3.20. The van der Waals surface area contributed by atoms with E-state index in [0.717, 1.165) is 4.88 Å². The van der Waals surface area contributed by atoms with Gasteiger partial charge in [0.25, 0.3) is 0 Å². The van der Waals surface area contributed by atoms with Crippen molar-refractivity contribution in [2.45, 2.75) is 19.8 Å². The first-order valence-electron chi connectivity index (χ1n) is 4.79. The Morgan fingerprint density at radius 1 is 1.62 bits per heavy atom. The molecule has 86 valence electrons. The number of hydrogen-bond acceptors (Lipinski definition) is 3. The summed E-state index contributed by atoms with van der Waals surface area (Å²) in [5.41, 5.74) is 0.148. The molecule has 1 heterocycles. The van der Waals surface area contributed by atoms with Crippen LogP contribution in [0.25, 0.3) is 0 Å². The van der Waals surface area contributed by atoms with E-state index in [0.29, 0.717) is 17.8 Å². The van der Waals surface area contributed by atoms with E-state index >= 15 is 0 Å². The minimum atomic E-state index is -1.02. The number of thiophene rings is 1. The second-order valence-corrected chi connectivity index (χ2v) is 4.54. The molecule has 0 bridgehead atoms. The highest BCUT2D eigenvalue weighted by molar-refractivity contribution is 7.16. The summed E-state index contributed by atoms with van der Waals surface area (Å²) in [6, 6.07) is 1.55. The van der Waals surface area contributed by atoms with Gasteiger partial charge in [-0.25, -0.2) is 4.79 Å². The van der Waals surface area contributed by atoms with Gasteiger partial charge in [0.05, 0.1) is 5.56 Å².